The van der Waals surface area contributed by atoms with E-state index in [4.69, 9.17) is 0 Å². The molecule has 6 nitrogen and oxygen atoms in total. The third kappa shape index (κ3) is 4.17. The number of anilines is 1. The molecule has 2 aromatic heterocycles. The van der Waals surface area contributed by atoms with Crippen LogP contribution in [0.25, 0.3) is 16.6 Å². The summed E-state index contributed by atoms with van der Waals surface area (Å²) in [6.07, 6.45) is 5.75. The van der Waals surface area contributed by atoms with Gasteiger partial charge in [-0.15, -0.1) is 0 Å². The number of aromatic nitrogens is 3. The Labute approximate surface area is 163 Å². The Morgan fingerprint density at radius 3 is 2.64 bits per heavy atom. The van der Waals surface area contributed by atoms with Crippen molar-refractivity contribution in [1.29, 1.82) is 0 Å². The van der Waals surface area contributed by atoms with E-state index in [-0.39, 0.29) is 5.91 Å². The van der Waals surface area contributed by atoms with E-state index in [1.54, 1.807) is 0 Å². The van der Waals surface area contributed by atoms with Gasteiger partial charge < -0.3 is 15.2 Å². The van der Waals surface area contributed by atoms with Crippen LogP contribution in [0.15, 0.2) is 79.4 Å². The molecule has 0 aliphatic rings. The molecule has 0 fully saturated rings. The number of nitrogens with one attached hydrogen (secondary N) is 2. The lowest BCUT2D eigenvalue weighted by atomic mass is 10.0. The van der Waals surface area contributed by atoms with E-state index >= 15 is 0 Å². The molecular formula is C22H21N5O. The number of carbonyl (C=O) groups excluding carboxylic acids is 1. The Morgan fingerprint density at radius 2 is 1.75 bits per heavy atom. The van der Waals surface area contributed by atoms with Crippen LogP contribution >= 0.6 is 0 Å². The monoisotopic (exact) mass is 371 g/mol. The molecule has 2 heterocycles. The molecule has 2 N–H and O–H groups in total. The molecule has 4 aromatic rings. The van der Waals surface area contributed by atoms with Crippen LogP contribution in [0, 0.1) is 0 Å². The van der Waals surface area contributed by atoms with Gasteiger partial charge in [0.05, 0.1) is 6.42 Å². The van der Waals surface area contributed by atoms with Gasteiger partial charge in [-0.1, -0.05) is 42.5 Å². The number of carbonyl (C=O) groups is 1. The first-order valence-corrected chi connectivity index (χ1v) is 9.22. The molecule has 0 unspecified atom stereocenters. The molecule has 1 amide bonds. The first-order chi connectivity index (χ1) is 13.8. The lowest BCUT2D eigenvalue weighted by Gasteiger charge is -2.10. The number of amides is 1. The van der Waals surface area contributed by atoms with Crippen LogP contribution in [0.2, 0.25) is 0 Å². The average molecular weight is 371 g/mol. The molecule has 0 spiro atoms. The summed E-state index contributed by atoms with van der Waals surface area (Å²) < 4.78 is 1.92. The van der Waals surface area contributed by atoms with Crippen LogP contribution in [-0.4, -0.2) is 33.5 Å². The zero-order valence-corrected chi connectivity index (χ0v) is 15.4. The summed E-state index contributed by atoms with van der Waals surface area (Å²) in [5.74, 6) is 1.53. The summed E-state index contributed by atoms with van der Waals surface area (Å²) in [6, 6.07) is 19.9. The highest BCUT2D eigenvalue weighted by atomic mass is 16.1. The predicted molar refractivity (Wildman–Crippen MR) is 111 cm³/mol. The van der Waals surface area contributed by atoms with Gasteiger partial charge >= 0.3 is 0 Å². The highest BCUT2D eigenvalue weighted by Crippen LogP contribution is 2.18. The molecule has 0 saturated heterocycles. The Morgan fingerprint density at radius 1 is 0.929 bits per heavy atom. The molecule has 2 aromatic carbocycles. The van der Waals surface area contributed by atoms with E-state index in [2.05, 4.69) is 38.8 Å². The molecule has 0 aliphatic heterocycles. The van der Waals surface area contributed by atoms with Crippen LogP contribution in [-0.2, 0) is 11.2 Å². The Balaban J connectivity index is 1.28. The van der Waals surface area contributed by atoms with Gasteiger partial charge in [0.25, 0.3) is 0 Å². The summed E-state index contributed by atoms with van der Waals surface area (Å²) in [7, 11) is 0. The molecule has 0 bridgehead atoms. The number of fused-ring (bicyclic) bond motifs is 1. The van der Waals surface area contributed by atoms with Crippen molar-refractivity contribution in [3.8, 4) is 5.82 Å². The zero-order valence-electron chi connectivity index (χ0n) is 15.4. The second-order valence-corrected chi connectivity index (χ2v) is 6.44. The third-order valence-electron chi connectivity index (χ3n) is 4.51. The number of benzene rings is 2. The van der Waals surface area contributed by atoms with Crippen molar-refractivity contribution >= 4 is 22.5 Å². The Kier molecular flexibility index (Phi) is 5.29. The topological polar surface area (TPSA) is 71.8 Å². The number of rotatable bonds is 7. The third-order valence-corrected chi connectivity index (χ3v) is 4.51. The van der Waals surface area contributed by atoms with Crippen LogP contribution in [0.5, 0.6) is 0 Å². The minimum atomic E-state index is 0.00821. The molecule has 0 saturated carbocycles. The van der Waals surface area contributed by atoms with Gasteiger partial charge in [-0.3, -0.25) is 4.79 Å². The molecular weight excluding hydrogens is 350 g/mol. The van der Waals surface area contributed by atoms with E-state index in [1.807, 2.05) is 59.4 Å². The lowest BCUT2D eigenvalue weighted by Crippen LogP contribution is -2.30. The Hall–Kier alpha value is -3.67. The molecule has 140 valence electrons. The Bertz CT molecular complexity index is 1070. The molecule has 4 rings (SSSR count). The average Bonchev–Trinajstić information content (AvgIpc) is 3.27. The lowest BCUT2D eigenvalue weighted by molar-refractivity contribution is -0.120. The van der Waals surface area contributed by atoms with E-state index in [0.29, 0.717) is 19.5 Å². The van der Waals surface area contributed by atoms with Crippen LogP contribution in [0.4, 0.5) is 5.82 Å². The zero-order chi connectivity index (χ0) is 19.2. The first kappa shape index (κ1) is 17.7. The van der Waals surface area contributed by atoms with Gasteiger partial charge in [0, 0.05) is 31.5 Å². The van der Waals surface area contributed by atoms with Crippen molar-refractivity contribution in [2.24, 2.45) is 0 Å². The smallest absolute Gasteiger partial charge is 0.224 e. The van der Waals surface area contributed by atoms with Gasteiger partial charge in [-0.2, -0.15) is 0 Å². The van der Waals surface area contributed by atoms with Gasteiger partial charge in [0.1, 0.15) is 18.0 Å². The van der Waals surface area contributed by atoms with Crippen LogP contribution < -0.4 is 10.6 Å². The van der Waals surface area contributed by atoms with Crippen molar-refractivity contribution in [3.63, 3.8) is 0 Å². The minimum absolute atomic E-state index is 0.00821. The van der Waals surface area contributed by atoms with Gasteiger partial charge in [-0.05, 0) is 28.5 Å². The van der Waals surface area contributed by atoms with E-state index in [9.17, 15) is 4.79 Å². The van der Waals surface area contributed by atoms with Crippen molar-refractivity contribution in [3.05, 3.63) is 84.9 Å². The summed E-state index contributed by atoms with van der Waals surface area (Å²) in [4.78, 5) is 20.8. The maximum atomic E-state index is 12.3. The van der Waals surface area contributed by atoms with E-state index in [1.165, 1.54) is 6.33 Å². The minimum Gasteiger partial charge on any atom is -0.368 e. The highest BCUT2D eigenvalue weighted by Gasteiger charge is 2.06. The van der Waals surface area contributed by atoms with Crippen molar-refractivity contribution in [2.75, 3.05) is 18.4 Å². The van der Waals surface area contributed by atoms with Gasteiger partial charge in [-0.25, -0.2) is 9.97 Å². The quantitative estimate of drug-likeness (QED) is 0.490. The second-order valence-electron chi connectivity index (χ2n) is 6.44. The molecule has 0 atom stereocenters. The summed E-state index contributed by atoms with van der Waals surface area (Å²) in [5.41, 5.74) is 1.04. The summed E-state index contributed by atoms with van der Waals surface area (Å²) in [5, 5.41) is 8.45. The highest BCUT2D eigenvalue weighted by molar-refractivity contribution is 5.90. The largest absolute Gasteiger partial charge is 0.368 e. The number of nitrogens with zero attached hydrogens (tertiary/aromatic N) is 3. The summed E-state index contributed by atoms with van der Waals surface area (Å²) in [6.45, 7) is 1.11. The maximum absolute atomic E-state index is 12.3. The first-order valence-electron chi connectivity index (χ1n) is 9.22. The fraction of sp³-hybridized carbons (Fsp3) is 0.136. The molecule has 0 radical (unpaired) electrons. The fourth-order valence-corrected chi connectivity index (χ4v) is 3.15. The van der Waals surface area contributed by atoms with Crippen molar-refractivity contribution in [2.45, 2.75) is 6.42 Å². The number of hydrogen-bond acceptors (Lipinski definition) is 4. The van der Waals surface area contributed by atoms with Gasteiger partial charge in [0.2, 0.25) is 5.91 Å². The van der Waals surface area contributed by atoms with Gasteiger partial charge in [0.15, 0.2) is 0 Å². The molecule has 0 aliphatic carbocycles. The van der Waals surface area contributed by atoms with Crippen molar-refractivity contribution in [1.82, 2.24) is 19.9 Å². The standard InChI is InChI=1S/C22H21N5O/c28-22(14-18-8-5-7-17-6-1-2-9-19(17)18)24-11-10-23-20-15-21(26-16-25-20)27-12-3-4-13-27/h1-9,12-13,15-16H,10-11,14H2,(H,24,28)(H,23,25,26). The normalized spacial score (nSPS) is 10.7. The maximum Gasteiger partial charge on any atom is 0.224 e. The predicted octanol–water partition coefficient (Wildman–Crippen LogP) is 3.19. The van der Waals surface area contributed by atoms with E-state index < -0.39 is 0 Å². The van der Waals surface area contributed by atoms with Crippen LogP contribution in [0.1, 0.15) is 5.56 Å². The van der Waals surface area contributed by atoms with E-state index in [0.717, 1.165) is 28.0 Å². The fourth-order valence-electron chi connectivity index (χ4n) is 3.15. The number of hydrogen-bond donors (Lipinski definition) is 2. The second kappa shape index (κ2) is 8.35. The molecule has 28 heavy (non-hydrogen) atoms. The molecule has 6 heteroatoms. The van der Waals surface area contributed by atoms with Crippen LogP contribution in [0.3, 0.4) is 0 Å². The SMILES string of the molecule is O=C(Cc1cccc2ccccc12)NCCNc1cc(-n2cccc2)ncn1. The summed E-state index contributed by atoms with van der Waals surface area (Å²) >= 11 is 0. The van der Waals surface area contributed by atoms with Crippen molar-refractivity contribution < 1.29 is 4.79 Å².